The second-order valence-electron chi connectivity index (χ2n) is 5.41. The van der Waals surface area contributed by atoms with E-state index in [2.05, 4.69) is 28.6 Å². The number of carboxylic acids is 1. The summed E-state index contributed by atoms with van der Waals surface area (Å²) in [7, 11) is 0. The van der Waals surface area contributed by atoms with Crippen LogP contribution < -0.4 is 0 Å². The molecule has 19 heavy (non-hydrogen) atoms. The molecule has 2 rings (SSSR count). The molecule has 0 unspecified atom stereocenters. The van der Waals surface area contributed by atoms with Crippen molar-refractivity contribution in [2.24, 2.45) is 0 Å². The highest BCUT2D eigenvalue weighted by Gasteiger charge is 2.36. The van der Waals surface area contributed by atoms with Gasteiger partial charge in [-0.2, -0.15) is 0 Å². The monoisotopic (exact) mass is 283 g/mol. The fourth-order valence-electron chi connectivity index (χ4n) is 2.77. The van der Waals surface area contributed by atoms with Gasteiger partial charge < -0.3 is 9.67 Å². The van der Waals surface area contributed by atoms with E-state index in [0.29, 0.717) is 0 Å². The van der Waals surface area contributed by atoms with E-state index in [9.17, 15) is 4.79 Å². The molecule has 0 bridgehead atoms. The molecule has 6 heteroatoms. The van der Waals surface area contributed by atoms with Crippen molar-refractivity contribution in [2.45, 2.75) is 63.1 Å². The Morgan fingerprint density at radius 1 is 1.42 bits per heavy atom. The highest BCUT2D eigenvalue weighted by Crippen LogP contribution is 2.40. The van der Waals surface area contributed by atoms with E-state index in [1.54, 1.807) is 0 Å². The van der Waals surface area contributed by atoms with Gasteiger partial charge in [0, 0.05) is 12.0 Å². The lowest BCUT2D eigenvalue weighted by Crippen LogP contribution is -2.23. The summed E-state index contributed by atoms with van der Waals surface area (Å²) in [4.78, 5) is 10.7. The molecule has 1 fully saturated rings. The Kier molecular flexibility index (Phi) is 4.50. The topological polar surface area (TPSA) is 68.0 Å². The number of aliphatic carboxylic acids is 1. The Balaban J connectivity index is 2.25. The molecule has 0 saturated heterocycles. The maximum atomic E-state index is 10.7. The molecule has 1 saturated carbocycles. The molecular weight excluding hydrogens is 262 g/mol. The zero-order valence-corrected chi connectivity index (χ0v) is 12.4. The van der Waals surface area contributed by atoms with E-state index in [4.69, 9.17) is 5.11 Å². The van der Waals surface area contributed by atoms with Crippen molar-refractivity contribution < 1.29 is 9.90 Å². The van der Waals surface area contributed by atoms with Gasteiger partial charge in [0.2, 0.25) is 0 Å². The molecule has 0 amide bonds. The summed E-state index contributed by atoms with van der Waals surface area (Å²) < 4.78 is 2.12. The average molecular weight is 283 g/mol. The van der Waals surface area contributed by atoms with Crippen molar-refractivity contribution >= 4 is 17.7 Å². The Morgan fingerprint density at radius 3 is 2.68 bits per heavy atom. The molecule has 0 aromatic carbocycles. The van der Waals surface area contributed by atoms with E-state index < -0.39 is 5.97 Å². The van der Waals surface area contributed by atoms with Crippen molar-refractivity contribution in [1.82, 2.24) is 14.8 Å². The second kappa shape index (κ2) is 5.94. The Hall–Kier alpha value is -1.04. The van der Waals surface area contributed by atoms with Crippen LogP contribution in [0.25, 0.3) is 0 Å². The lowest BCUT2D eigenvalue weighted by atomic mass is 9.88. The van der Waals surface area contributed by atoms with Crippen molar-refractivity contribution in [3.63, 3.8) is 0 Å². The van der Waals surface area contributed by atoms with Crippen LogP contribution in [0.3, 0.4) is 0 Å². The third kappa shape index (κ3) is 3.11. The molecule has 1 aliphatic rings. The van der Waals surface area contributed by atoms with Crippen LogP contribution in [0.2, 0.25) is 0 Å². The average Bonchev–Trinajstić information content (AvgIpc) is 2.95. The Bertz CT molecular complexity index is 453. The smallest absolute Gasteiger partial charge is 0.313 e. The number of aromatic nitrogens is 3. The highest BCUT2D eigenvalue weighted by atomic mass is 32.2. The highest BCUT2D eigenvalue weighted by molar-refractivity contribution is 7.99. The summed E-state index contributed by atoms with van der Waals surface area (Å²) in [5.41, 5.74) is 0.115. The van der Waals surface area contributed by atoms with Crippen LogP contribution in [-0.2, 0) is 16.8 Å². The maximum absolute atomic E-state index is 10.7. The lowest BCUT2D eigenvalue weighted by molar-refractivity contribution is -0.133. The molecule has 0 spiro atoms. The first-order valence-corrected chi connectivity index (χ1v) is 7.83. The minimum absolute atomic E-state index is 0.0402. The minimum Gasteiger partial charge on any atom is -0.481 e. The van der Waals surface area contributed by atoms with Crippen molar-refractivity contribution in [3.05, 3.63) is 5.82 Å². The van der Waals surface area contributed by atoms with E-state index >= 15 is 0 Å². The largest absolute Gasteiger partial charge is 0.481 e. The summed E-state index contributed by atoms with van der Waals surface area (Å²) in [6.45, 7) is 5.23. The van der Waals surface area contributed by atoms with Gasteiger partial charge in [-0.25, -0.2) is 0 Å². The summed E-state index contributed by atoms with van der Waals surface area (Å²) in [6, 6.07) is 0. The molecule has 0 aliphatic heterocycles. The lowest BCUT2D eigenvalue weighted by Gasteiger charge is -2.23. The van der Waals surface area contributed by atoms with Gasteiger partial charge in [-0.15, -0.1) is 10.2 Å². The van der Waals surface area contributed by atoms with Gasteiger partial charge >= 0.3 is 5.97 Å². The first kappa shape index (κ1) is 14.4. The fraction of sp³-hybridized carbons (Fsp3) is 0.769. The summed E-state index contributed by atoms with van der Waals surface area (Å²) in [6.07, 6.45) is 5.79. The van der Waals surface area contributed by atoms with Crippen LogP contribution >= 0.6 is 11.8 Å². The molecule has 1 aliphatic carbocycles. The van der Waals surface area contributed by atoms with E-state index in [1.807, 2.05) is 0 Å². The molecular formula is C13H21N3O2S. The van der Waals surface area contributed by atoms with Crippen molar-refractivity contribution in [1.29, 1.82) is 0 Å². The third-order valence-corrected chi connectivity index (χ3v) is 4.69. The van der Waals surface area contributed by atoms with Gasteiger partial charge in [-0.1, -0.05) is 38.5 Å². The number of thioether (sulfide) groups is 1. The number of rotatable bonds is 6. The van der Waals surface area contributed by atoms with E-state index in [-0.39, 0.29) is 11.2 Å². The molecule has 1 aromatic heterocycles. The van der Waals surface area contributed by atoms with E-state index in [1.165, 1.54) is 24.6 Å². The number of hydrogen-bond acceptors (Lipinski definition) is 4. The van der Waals surface area contributed by atoms with Gasteiger partial charge in [0.1, 0.15) is 5.82 Å². The molecule has 0 atom stereocenters. The first-order chi connectivity index (χ1) is 9.07. The normalized spacial score (nSPS) is 17.8. The van der Waals surface area contributed by atoms with Crippen molar-refractivity contribution in [2.75, 3.05) is 5.75 Å². The predicted molar refractivity (Wildman–Crippen MR) is 74.5 cm³/mol. The van der Waals surface area contributed by atoms with Crippen LogP contribution in [-0.4, -0.2) is 31.6 Å². The second-order valence-corrected chi connectivity index (χ2v) is 6.35. The van der Waals surface area contributed by atoms with Crippen LogP contribution in [0, 0.1) is 0 Å². The van der Waals surface area contributed by atoms with Crippen LogP contribution in [0.5, 0.6) is 0 Å². The van der Waals surface area contributed by atoms with Gasteiger partial charge in [-0.05, 0) is 19.3 Å². The van der Waals surface area contributed by atoms with Crippen LogP contribution in [0.15, 0.2) is 5.16 Å². The molecule has 5 nitrogen and oxygen atoms in total. The van der Waals surface area contributed by atoms with Gasteiger partial charge in [-0.3, -0.25) is 4.79 Å². The maximum Gasteiger partial charge on any atom is 0.313 e. The number of hydrogen-bond donors (Lipinski definition) is 1. The number of carboxylic acid groups (broad SMARTS) is 1. The van der Waals surface area contributed by atoms with Gasteiger partial charge in [0.05, 0.1) is 5.75 Å². The summed E-state index contributed by atoms with van der Waals surface area (Å²) in [5.74, 6) is 0.267. The molecule has 106 valence electrons. The van der Waals surface area contributed by atoms with Gasteiger partial charge in [0.25, 0.3) is 0 Å². The van der Waals surface area contributed by atoms with E-state index in [0.717, 1.165) is 36.8 Å². The molecule has 1 aromatic rings. The van der Waals surface area contributed by atoms with Crippen LogP contribution in [0.4, 0.5) is 0 Å². The molecule has 1 heterocycles. The summed E-state index contributed by atoms with van der Waals surface area (Å²) >= 11 is 1.26. The zero-order valence-electron chi connectivity index (χ0n) is 11.6. The quantitative estimate of drug-likeness (QED) is 0.813. The van der Waals surface area contributed by atoms with Crippen LogP contribution in [0.1, 0.15) is 51.8 Å². The van der Waals surface area contributed by atoms with Crippen molar-refractivity contribution in [3.8, 4) is 0 Å². The molecule has 0 radical (unpaired) electrons. The minimum atomic E-state index is -0.815. The zero-order chi connectivity index (χ0) is 13.9. The van der Waals surface area contributed by atoms with Gasteiger partial charge in [0.15, 0.2) is 5.16 Å². The Morgan fingerprint density at radius 2 is 2.11 bits per heavy atom. The third-order valence-electron chi connectivity index (χ3n) is 3.74. The number of nitrogens with zero attached hydrogens (tertiary/aromatic N) is 3. The SMILES string of the molecule is CCCn1c(SCC(=O)O)nnc1C1(C)CCCC1. The first-order valence-electron chi connectivity index (χ1n) is 6.85. The standard InChI is InChI=1S/C13H21N3O2S/c1-3-8-16-11(13(2)6-4-5-7-13)14-15-12(16)19-9-10(17)18/h3-9H2,1-2H3,(H,17,18). The Labute approximate surface area is 117 Å². The summed E-state index contributed by atoms with van der Waals surface area (Å²) in [5, 5.41) is 18.1. The predicted octanol–water partition coefficient (Wildman–Crippen LogP) is 2.70. The number of carbonyl (C=O) groups is 1. The molecule has 1 N–H and O–H groups in total. The fourth-order valence-corrected chi connectivity index (χ4v) is 3.46.